The Bertz CT molecular complexity index is 579. The Kier molecular flexibility index (Phi) is 4.22. The Morgan fingerprint density at radius 2 is 2.20 bits per heavy atom. The monoisotopic (exact) mass is 275 g/mol. The first-order chi connectivity index (χ1) is 9.49. The van der Waals surface area contributed by atoms with Crippen molar-refractivity contribution in [3.05, 3.63) is 35.2 Å². The molecule has 0 radical (unpaired) electrons. The van der Waals surface area contributed by atoms with Crippen LogP contribution in [0.5, 0.6) is 0 Å². The van der Waals surface area contributed by atoms with Gasteiger partial charge in [0.1, 0.15) is 5.82 Å². The van der Waals surface area contributed by atoms with E-state index in [4.69, 9.17) is 0 Å². The molecule has 2 N–H and O–H groups in total. The number of carbonyl (C=O) groups is 1. The van der Waals surface area contributed by atoms with Gasteiger partial charge in [-0.3, -0.25) is 9.89 Å². The van der Waals surface area contributed by atoms with E-state index in [-0.39, 0.29) is 11.9 Å². The van der Waals surface area contributed by atoms with E-state index in [1.54, 1.807) is 6.20 Å². The smallest absolute Gasteiger partial charge is 0.222 e. The van der Waals surface area contributed by atoms with E-state index in [9.17, 15) is 4.79 Å². The zero-order chi connectivity index (χ0) is 14.7. The third kappa shape index (κ3) is 3.07. The molecule has 1 atom stereocenters. The maximum atomic E-state index is 12.0. The highest BCUT2D eigenvalue weighted by molar-refractivity contribution is 5.76. The van der Waals surface area contributed by atoms with E-state index in [0.717, 1.165) is 22.8 Å². The lowest BCUT2D eigenvalue weighted by Crippen LogP contribution is -2.28. The van der Waals surface area contributed by atoms with Crippen LogP contribution in [0, 0.1) is 20.8 Å². The average Bonchev–Trinajstić information content (AvgIpc) is 2.93. The number of aromatic amines is 1. The number of hydrogen-bond acceptors (Lipinski definition) is 3. The van der Waals surface area contributed by atoms with Gasteiger partial charge in [-0.1, -0.05) is 0 Å². The molecule has 1 amide bonds. The van der Waals surface area contributed by atoms with Crippen LogP contribution in [-0.2, 0) is 11.3 Å². The topological polar surface area (TPSA) is 75.6 Å². The van der Waals surface area contributed by atoms with Crippen LogP contribution < -0.4 is 5.32 Å². The van der Waals surface area contributed by atoms with Crippen molar-refractivity contribution in [1.29, 1.82) is 0 Å². The van der Waals surface area contributed by atoms with Gasteiger partial charge in [0, 0.05) is 36.6 Å². The van der Waals surface area contributed by atoms with Crippen LogP contribution in [0.3, 0.4) is 0 Å². The number of nitrogens with one attached hydrogen (secondary N) is 2. The number of aryl methyl sites for hydroxylation is 4. The van der Waals surface area contributed by atoms with Gasteiger partial charge in [0.25, 0.3) is 0 Å². The molecule has 0 saturated carbocycles. The lowest BCUT2D eigenvalue weighted by molar-refractivity contribution is -0.121. The van der Waals surface area contributed by atoms with Gasteiger partial charge in [0.05, 0.1) is 11.7 Å². The third-order valence-corrected chi connectivity index (χ3v) is 3.50. The molecular formula is C14H21N5O. The largest absolute Gasteiger partial charge is 0.349 e. The second-order valence-electron chi connectivity index (χ2n) is 5.05. The van der Waals surface area contributed by atoms with Gasteiger partial charge >= 0.3 is 0 Å². The van der Waals surface area contributed by atoms with Crippen molar-refractivity contribution in [3.8, 4) is 0 Å². The first-order valence-electron chi connectivity index (χ1n) is 6.77. The molecular weight excluding hydrogens is 254 g/mol. The number of carbonyl (C=O) groups excluding carboxylic acids is 1. The SMILES string of the molecule is Cc1n[nH]c(C)c1[C@H](C)NC(=O)CCn1ccnc1C. The van der Waals surface area contributed by atoms with Crippen LogP contribution >= 0.6 is 0 Å². The molecule has 2 heterocycles. The number of amides is 1. The molecule has 108 valence electrons. The minimum absolute atomic E-state index is 0.0330. The van der Waals surface area contributed by atoms with Crippen LogP contribution in [-0.4, -0.2) is 25.7 Å². The summed E-state index contributed by atoms with van der Waals surface area (Å²) in [7, 11) is 0. The summed E-state index contributed by atoms with van der Waals surface area (Å²) < 4.78 is 1.97. The highest BCUT2D eigenvalue weighted by Gasteiger charge is 2.16. The number of imidazole rings is 1. The van der Waals surface area contributed by atoms with E-state index in [2.05, 4.69) is 20.5 Å². The second kappa shape index (κ2) is 5.90. The van der Waals surface area contributed by atoms with Gasteiger partial charge in [-0.05, 0) is 27.7 Å². The maximum absolute atomic E-state index is 12.0. The number of H-pyrrole nitrogens is 1. The highest BCUT2D eigenvalue weighted by atomic mass is 16.1. The summed E-state index contributed by atoms with van der Waals surface area (Å²) >= 11 is 0. The molecule has 0 bridgehead atoms. The lowest BCUT2D eigenvalue weighted by Gasteiger charge is -2.15. The van der Waals surface area contributed by atoms with Crippen LogP contribution in [0.25, 0.3) is 0 Å². The quantitative estimate of drug-likeness (QED) is 0.873. The van der Waals surface area contributed by atoms with Crippen molar-refractivity contribution in [2.24, 2.45) is 0 Å². The van der Waals surface area contributed by atoms with Gasteiger partial charge in [0.2, 0.25) is 5.91 Å². The zero-order valence-corrected chi connectivity index (χ0v) is 12.4. The van der Waals surface area contributed by atoms with E-state index in [1.807, 2.05) is 38.5 Å². The Balaban J connectivity index is 1.90. The van der Waals surface area contributed by atoms with Gasteiger partial charge < -0.3 is 9.88 Å². The van der Waals surface area contributed by atoms with E-state index in [0.29, 0.717) is 13.0 Å². The van der Waals surface area contributed by atoms with Crippen LogP contribution in [0.1, 0.15) is 42.2 Å². The maximum Gasteiger partial charge on any atom is 0.222 e. The summed E-state index contributed by atoms with van der Waals surface area (Å²) in [6, 6.07) is -0.0369. The van der Waals surface area contributed by atoms with Gasteiger partial charge in [0.15, 0.2) is 0 Å². The van der Waals surface area contributed by atoms with Gasteiger partial charge in [-0.2, -0.15) is 5.10 Å². The summed E-state index contributed by atoms with van der Waals surface area (Å²) in [6.07, 6.45) is 4.07. The summed E-state index contributed by atoms with van der Waals surface area (Å²) in [6.45, 7) is 8.46. The summed E-state index contributed by atoms with van der Waals surface area (Å²) in [4.78, 5) is 16.1. The van der Waals surface area contributed by atoms with Crippen molar-refractivity contribution >= 4 is 5.91 Å². The molecule has 0 spiro atoms. The standard InChI is InChI=1S/C14H21N5O/c1-9(14-10(2)17-18-11(14)3)16-13(20)5-7-19-8-6-15-12(19)4/h6,8-9H,5,7H2,1-4H3,(H,16,20)(H,17,18)/t9-/m0/s1. The number of hydrogen-bond donors (Lipinski definition) is 2. The molecule has 2 aromatic rings. The molecule has 2 rings (SSSR count). The van der Waals surface area contributed by atoms with Gasteiger partial charge in [-0.25, -0.2) is 4.98 Å². The molecule has 0 fully saturated rings. The van der Waals surface area contributed by atoms with Crippen molar-refractivity contribution < 1.29 is 4.79 Å². The molecule has 20 heavy (non-hydrogen) atoms. The Morgan fingerprint density at radius 3 is 2.75 bits per heavy atom. The Hall–Kier alpha value is -2.11. The molecule has 0 aliphatic rings. The van der Waals surface area contributed by atoms with Crippen molar-refractivity contribution in [2.75, 3.05) is 0 Å². The molecule has 0 saturated heterocycles. The summed E-state index contributed by atoms with van der Waals surface area (Å²) in [5.74, 6) is 0.956. The predicted molar refractivity (Wildman–Crippen MR) is 76.2 cm³/mol. The highest BCUT2D eigenvalue weighted by Crippen LogP contribution is 2.18. The number of nitrogens with zero attached hydrogens (tertiary/aromatic N) is 3. The number of rotatable bonds is 5. The molecule has 0 aliphatic carbocycles. The van der Waals surface area contributed by atoms with Crippen molar-refractivity contribution in [2.45, 2.75) is 46.7 Å². The normalized spacial score (nSPS) is 12.4. The fraction of sp³-hybridized carbons (Fsp3) is 0.500. The lowest BCUT2D eigenvalue weighted by atomic mass is 10.1. The zero-order valence-electron chi connectivity index (χ0n) is 12.4. The first-order valence-corrected chi connectivity index (χ1v) is 6.77. The Morgan fingerprint density at radius 1 is 1.45 bits per heavy atom. The fourth-order valence-corrected chi connectivity index (χ4v) is 2.45. The van der Waals surface area contributed by atoms with Crippen LogP contribution in [0.4, 0.5) is 0 Å². The van der Waals surface area contributed by atoms with Crippen LogP contribution in [0.2, 0.25) is 0 Å². The molecule has 0 aliphatic heterocycles. The van der Waals surface area contributed by atoms with E-state index in [1.165, 1.54) is 0 Å². The van der Waals surface area contributed by atoms with Crippen molar-refractivity contribution in [3.63, 3.8) is 0 Å². The number of aromatic nitrogens is 4. The molecule has 2 aromatic heterocycles. The fourth-order valence-electron chi connectivity index (χ4n) is 2.45. The van der Waals surface area contributed by atoms with E-state index >= 15 is 0 Å². The molecule has 6 heteroatoms. The predicted octanol–water partition coefficient (Wildman–Crippen LogP) is 1.80. The molecule has 6 nitrogen and oxygen atoms in total. The third-order valence-electron chi connectivity index (χ3n) is 3.50. The van der Waals surface area contributed by atoms with Crippen molar-refractivity contribution in [1.82, 2.24) is 25.1 Å². The average molecular weight is 275 g/mol. The minimum atomic E-state index is -0.0369. The molecule has 0 unspecified atom stereocenters. The van der Waals surface area contributed by atoms with Crippen LogP contribution in [0.15, 0.2) is 12.4 Å². The van der Waals surface area contributed by atoms with Gasteiger partial charge in [-0.15, -0.1) is 0 Å². The minimum Gasteiger partial charge on any atom is -0.349 e. The first kappa shape index (κ1) is 14.3. The summed E-state index contributed by atoms with van der Waals surface area (Å²) in [5, 5.41) is 10.1. The molecule has 0 aromatic carbocycles. The van der Waals surface area contributed by atoms with E-state index < -0.39 is 0 Å². The Labute approximate surface area is 118 Å². The summed E-state index contributed by atoms with van der Waals surface area (Å²) in [5.41, 5.74) is 3.00. The second-order valence-corrected chi connectivity index (χ2v) is 5.05.